The van der Waals surface area contributed by atoms with Gasteiger partial charge in [0.25, 0.3) is 0 Å². The molecule has 1 aliphatic heterocycles. The molecule has 1 atom stereocenters. The summed E-state index contributed by atoms with van der Waals surface area (Å²) >= 11 is 0. The van der Waals surface area contributed by atoms with Gasteiger partial charge in [0, 0.05) is 13.1 Å². The average molecular weight is 197 g/mol. The highest BCUT2D eigenvalue weighted by atomic mass is 15.1. The molecule has 1 heteroatoms. The summed E-state index contributed by atoms with van der Waals surface area (Å²) in [6, 6.07) is 0. The van der Waals surface area contributed by atoms with E-state index in [9.17, 15) is 0 Å². The molecule has 0 saturated carbocycles. The fourth-order valence-electron chi connectivity index (χ4n) is 2.77. The summed E-state index contributed by atoms with van der Waals surface area (Å²) in [6.45, 7) is 13.3. The van der Waals surface area contributed by atoms with Crippen molar-refractivity contribution in [2.24, 2.45) is 11.3 Å². The zero-order chi connectivity index (χ0) is 10.6. The van der Waals surface area contributed by atoms with Gasteiger partial charge in [-0.1, -0.05) is 27.7 Å². The van der Waals surface area contributed by atoms with Crippen molar-refractivity contribution in [1.82, 2.24) is 4.90 Å². The molecule has 14 heavy (non-hydrogen) atoms. The molecule has 0 spiro atoms. The van der Waals surface area contributed by atoms with Crippen molar-refractivity contribution in [3.63, 3.8) is 0 Å². The standard InChI is InChI=1S/C13H27N/c1-5-13(6-2)9-8-12(4)10-14(7-3)11-13/h12H,5-11H2,1-4H3. The third-order valence-corrected chi connectivity index (χ3v) is 4.24. The molecule has 0 radical (unpaired) electrons. The van der Waals surface area contributed by atoms with Crippen LogP contribution in [0.3, 0.4) is 0 Å². The first-order chi connectivity index (χ1) is 6.65. The van der Waals surface area contributed by atoms with Gasteiger partial charge in [0.2, 0.25) is 0 Å². The molecule has 1 heterocycles. The van der Waals surface area contributed by atoms with Crippen molar-refractivity contribution >= 4 is 0 Å². The van der Waals surface area contributed by atoms with Crippen LogP contribution >= 0.6 is 0 Å². The van der Waals surface area contributed by atoms with Crippen molar-refractivity contribution in [2.75, 3.05) is 19.6 Å². The second-order valence-electron chi connectivity index (χ2n) is 5.18. The summed E-state index contributed by atoms with van der Waals surface area (Å²) in [6.07, 6.45) is 5.58. The van der Waals surface area contributed by atoms with E-state index in [1.807, 2.05) is 0 Å². The molecule has 1 saturated heterocycles. The van der Waals surface area contributed by atoms with Crippen LogP contribution in [0, 0.1) is 11.3 Å². The van der Waals surface area contributed by atoms with Crippen LogP contribution in [-0.4, -0.2) is 24.5 Å². The Morgan fingerprint density at radius 3 is 2.36 bits per heavy atom. The van der Waals surface area contributed by atoms with E-state index < -0.39 is 0 Å². The Balaban J connectivity index is 2.68. The first kappa shape index (κ1) is 12.0. The maximum atomic E-state index is 2.66. The lowest BCUT2D eigenvalue weighted by Crippen LogP contribution is -2.36. The molecule has 1 rings (SSSR count). The summed E-state index contributed by atoms with van der Waals surface area (Å²) in [7, 11) is 0. The van der Waals surface area contributed by atoms with E-state index >= 15 is 0 Å². The quantitative estimate of drug-likeness (QED) is 0.669. The maximum absolute atomic E-state index is 2.66. The molecule has 0 aromatic rings. The first-order valence-electron chi connectivity index (χ1n) is 6.38. The van der Waals surface area contributed by atoms with Crippen LogP contribution < -0.4 is 0 Å². The monoisotopic (exact) mass is 197 g/mol. The minimum atomic E-state index is 0.626. The molecule has 0 aromatic carbocycles. The minimum Gasteiger partial charge on any atom is -0.303 e. The van der Waals surface area contributed by atoms with Crippen LogP contribution in [-0.2, 0) is 0 Å². The van der Waals surface area contributed by atoms with Crippen molar-refractivity contribution < 1.29 is 0 Å². The third kappa shape index (κ3) is 2.73. The van der Waals surface area contributed by atoms with Crippen molar-refractivity contribution in [3.8, 4) is 0 Å². The Hall–Kier alpha value is -0.0400. The summed E-state index contributed by atoms with van der Waals surface area (Å²) in [5, 5.41) is 0. The van der Waals surface area contributed by atoms with Crippen LogP contribution in [0.4, 0.5) is 0 Å². The van der Waals surface area contributed by atoms with Gasteiger partial charge in [-0.25, -0.2) is 0 Å². The Kier molecular flexibility index (Phi) is 4.43. The highest BCUT2D eigenvalue weighted by Crippen LogP contribution is 2.37. The van der Waals surface area contributed by atoms with Gasteiger partial charge in [-0.3, -0.25) is 0 Å². The Morgan fingerprint density at radius 2 is 1.86 bits per heavy atom. The Morgan fingerprint density at radius 1 is 1.21 bits per heavy atom. The summed E-state index contributed by atoms with van der Waals surface area (Å²) in [4.78, 5) is 2.66. The molecule has 1 unspecified atom stereocenters. The number of likely N-dealkylation sites (tertiary alicyclic amines) is 1. The van der Waals surface area contributed by atoms with E-state index in [1.165, 1.54) is 45.3 Å². The average Bonchev–Trinajstić information content (AvgIpc) is 2.38. The molecule has 0 bridgehead atoms. The maximum Gasteiger partial charge on any atom is 0.00378 e. The van der Waals surface area contributed by atoms with Gasteiger partial charge in [-0.05, 0) is 43.6 Å². The van der Waals surface area contributed by atoms with Crippen LogP contribution in [0.15, 0.2) is 0 Å². The summed E-state index contributed by atoms with van der Waals surface area (Å²) < 4.78 is 0. The fraction of sp³-hybridized carbons (Fsp3) is 1.00. The molecule has 0 aliphatic carbocycles. The number of hydrogen-bond donors (Lipinski definition) is 0. The highest BCUT2D eigenvalue weighted by molar-refractivity contribution is 4.84. The molecule has 84 valence electrons. The van der Waals surface area contributed by atoms with E-state index in [-0.39, 0.29) is 0 Å². The predicted octanol–water partition coefficient (Wildman–Crippen LogP) is 3.54. The predicted molar refractivity (Wildman–Crippen MR) is 63.5 cm³/mol. The van der Waals surface area contributed by atoms with E-state index in [0.717, 1.165) is 5.92 Å². The fourth-order valence-corrected chi connectivity index (χ4v) is 2.77. The van der Waals surface area contributed by atoms with Gasteiger partial charge in [0.05, 0.1) is 0 Å². The summed E-state index contributed by atoms with van der Waals surface area (Å²) in [5.41, 5.74) is 0.626. The second-order valence-corrected chi connectivity index (χ2v) is 5.18. The van der Waals surface area contributed by atoms with E-state index in [0.29, 0.717) is 5.41 Å². The zero-order valence-corrected chi connectivity index (χ0v) is 10.5. The van der Waals surface area contributed by atoms with Crippen LogP contribution in [0.2, 0.25) is 0 Å². The van der Waals surface area contributed by atoms with E-state index in [4.69, 9.17) is 0 Å². The number of nitrogens with zero attached hydrogens (tertiary/aromatic N) is 1. The molecule has 1 aliphatic rings. The van der Waals surface area contributed by atoms with Gasteiger partial charge in [0.15, 0.2) is 0 Å². The van der Waals surface area contributed by atoms with E-state index in [1.54, 1.807) is 0 Å². The highest BCUT2D eigenvalue weighted by Gasteiger charge is 2.31. The van der Waals surface area contributed by atoms with Crippen molar-refractivity contribution in [2.45, 2.75) is 53.4 Å². The molecular formula is C13H27N. The van der Waals surface area contributed by atoms with Crippen LogP contribution in [0.1, 0.15) is 53.4 Å². The molecular weight excluding hydrogens is 170 g/mol. The third-order valence-electron chi connectivity index (χ3n) is 4.24. The molecule has 0 aromatic heterocycles. The van der Waals surface area contributed by atoms with Gasteiger partial charge in [0.1, 0.15) is 0 Å². The minimum absolute atomic E-state index is 0.626. The molecule has 1 nitrogen and oxygen atoms in total. The zero-order valence-electron chi connectivity index (χ0n) is 10.5. The van der Waals surface area contributed by atoms with Gasteiger partial charge in [-0.2, -0.15) is 0 Å². The second kappa shape index (κ2) is 5.16. The van der Waals surface area contributed by atoms with Gasteiger partial charge >= 0.3 is 0 Å². The number of rotatable bonds is 3. The lowest BCUT2D eigenvalue weighted by Gasteiger charge is -2.34. The Labute approximate surface area is 89.9 Å². The smallest absolute Gasteiger partial charge is 0.00378 e. The lowest BCUT2D eigenvalue weighted by molar-refractivity contribution is 0.153. The van der Waals surface area contributed by atoms with Gasteiger partial charge < -0.3 is 4.90 Å². The Bertz CT molecular complexity index is 161. The van der Waals surface area contributed by atoms with E-state index in [2.05, 4.69) is 32.6 Å². The lowest BCUT2D eigenvalue weighted by atomic mass is 9.77. The normalized spacial score (nSPS) is 28.7. The number of hydrogen-bond acceptors (Lipinski definition) is 1. The summed E-state index contributed by atoms with van der Waals surface area (Å²) in [5.74, 6) is 0.898. The largest absolute Gasteiger partial charge is 0.303 e. The van der Waals surface area contributed by atoms with Crippen molar-refractivity contribution in [1.29, 1.82) is 0 Å². The van der Waals surface area contributed by atoms with Crippen molar-refractivity contribution in [3.05, 3.63) is 0 Å². The SMILES string of the molecule is CCN1CC(C)CCC(CC)(CC)C1. The molecule has 1 fully saturated rings. The van der Waals surface area contributed by atoms with Crippen LogP contribution in [0.25, 0.3) is 0 Å². The van der Waals surface area contributed by atoms with Crippen LogP contribution in [0.5, 0.6) is 0 Å². The topological polar surface area (TPSA) is 3.24 Å². The first-order valence-corrected chi connectivity index (χ1v) is 6.38. The van der Waals surface area contributed by atoms with Gasteiger partial charge in [-0.15, -0.1) is 0 Å². The molecule has 0 amide bonds. The molecule has 0 N–H and O–H groups in total.